The van der Waals surface area contributed by atoms with Crippen LogP contribution in [-0.2, 0) is 0 Å². The number of nitrogens with zero attached hydrogens (tertiary/aromatic N) is 1. The summed E-state index contributed by atoms with van der Waals surface area (Å²) in [6.45, 7) is 0. The van der Waals surface area contributed by atoms with E-state index in [9.17, 15) is 0 Å². The fourth-order valence-corrected chi connectivity index (χ4v) is 2.49. The quantitative estimate of drug-likeness (QED) is 0.616. The molecular weight excluding hydrogens is 214 g/mol. The van der Waals surface area contributed by atoms with Crippen molar-refractivity contribution in [1.29, 1.82) is 0 Å². The monoisotopic (exact) mass is 225 g/mol. The maximum absolute atomic E-state index is 2.21. The van der Waals surface area contributed by atoms with Crippen molar-refractivity contribution >= 4 is 11.3 Å². The van der Waals surface area contributed by atoms with E-state index in [-0.39, 0.29) is 0 Å². The van der Waals surface area contributed by atoms with E-state index >= 15 is 0 Å². The average Bonchev–Trinajstić information content (AvgIpc) is 3.01. The molecule has 1 aromatic carbocycles. The molecule has 0 aliphatic carbocycles. The fraction of sp³-hybridized carbons (Fsp3) is 0. The molecule has 2 heteroatoms. The molecule has 0 radical (unpaired) electrons. The number of hydrogen-bond acceptors (Lipinski definition) is 1. The van der Waals surface area contributed by atoms with Crippen molar-refractivity contribution in [2.75, 3.05) is 0 Å². The molecule has 0 aliphatic rings. The largest absolute Gasteiger partial charge is 0.317 e. The third kappa shape index (κ3) is 1.57. The first kappa shape index (κ1) is 9.43. The Morgan fingerprint density at radius 3 is 2.50 bits per heavy atom. The first-order valence-corrected chi connectivity index (χ1v) is 6.15. The molecule has 0 N–H and O–H groups in total. The molecule has 2 heterocycles. The molecule has 3 aromatic rings. The van der Waals surface area contributed by atoms with Crippen LogP contribution in [0.4, 0.5) is 0 Å². The van der Waals surface area contributed by atoms with Crippen molar-refractivity contribution in [1.82, 2.24) is 4.57 Å². The van der Waals surface area contributed by atoms with E-state index in [1.54, 1.807) is 11.3 Å². The molecule has 0 unspecified atom stereocenters. The lowest BCUT2D eigenvalue weighted by molar-refractivity contribution is 1.09. The van der Waals surface area contributed by atoms with Gasteiger partial charge in [0, 0.05) is 22.8 Å². The van der Waals surface area contributed by atoms with Gasteiger partial charge in [-0.2, -0.15) is 11.3 Å². The fourth-order valence-electron chi connectivity index (χ4n) is 1.84. The van der Waals surface area contributed by atoms with Crippen molar-refractivity contribution < 1.29 is 0 Å². The zero-order chi connectivity index (χ0) is 10.8. The zero-order valence-corrected chi connectivity index (χ0v) is 9.52. The normalized spacial score (nSPS) is 10.5. The molecule has 0 saturated heterocycles. The van der Waals surface area contributed by atoms with Gasteiger partial charge in [-0.25, -0.2) is 0 Å². The summed E-state index contributed by atoms with van der Waals surface area (Å²) in [5, 5.41) is 4.28. The highest BCUT2D eigenvalue weighted by Gasteiger charge is 2.05. The van der Waals surface area contributed by atoms with Crippen LogP contribution in [0.5, 0.6) is 0 Å². The minimum atomic E-state index is 1.20. The van der Waals surface area contributed by atoms with Crippen LogP contribution in [0, 0.1) is 0 Å². The van der Waals surface area contributed by atoms with Gasteiger partial charge in [-0.05, 0) is 35.7 Å². The van der Waals surface area contributed by atoms with Crippen LogP contribution in [-0.4, -0.2) is 4.57 Å². The van der Waals surface area contributed by atoms with Gasteiger partial charge in [0.1, 0.15) is 0 Å². The standard InChI is InChI=1S/C14H11NS/c1-2-5-13(6-3-1)15-9-4-7-14(15)12-8-10-16-11-12/h1-11H. The number of aromatic nitrogens is 1. The molecule has 1 nitrogen and oxygen atoms in total. The van der Waals surface area contributed by atoms with Crippen molar-refractivity contribution in [3.63, 3.8) is 0 Å². The molecule has 0 fully saturated rings. The number of thiophene rings is 1. The number of rotatable bonds is 2. The van der Waals surface area contributed by atoms with Crippen molar-refractivity contribution in [3.05, 3.63) is 65.5 Å². The number of benzene rings is 1. The van der Waals surface area contributed by atoms with Crippen LogP contribution in [0.25, 0.3) is 16.9 Å². The van der Waals surface area contributed by atoms with Crippen LogP contribution in [0.3, 0.4) is 0 Å². The van der Waals surface area contributed by atoms with Crippen molar-refractivity contribution in [2.24, 2.45) is 0 Å². The Morgan fingerprint density at radius 2 is 1.75 bits per heavy atom. The lowest BCUT2D eigenvalue weighted by Gasteiger charge is -2.07. The molecule has 3 rings (SSSR count). The third-order valence-corrected chi connectivity index (χ3v) is 3.28. The van der Waals surface area contributed by atoms with E-state index in [2.05, 4.69) is 64.0 Å². The maximum atomic E-state index is 2.21. The lowest BCUT2D eigenvalue weighted by atomic mass is 10.2. The van der Waals surface area contributed by atoms with Crippen LogP contribution >= 0.6 is 11.3 Å². The molecule has 0 bridgehead atoms. The van der Waals surface area contributed by atoms with Gasteiger partial charge >= 0.3 is 0 Å². The van der Waals surface area contributed by atoms with E-state index in [0.717, 1.165) is 0 Å². The summed E-state index contributed by atoms with van der Waals surface area (Å²) in [5.74, 6) is 0. The second-order valence-electron chi connectivity index (χ2n) is 3.61. The Labute approximate surface area is 98.6 Å². The van der Waals surface area contributed by atoms with E-state index in [1.165, 1.54) is 16.9 Å². The SMILES string of the molecule is c1ccc(-n2cccc2-c2ccsc2)cc1. The molecule has 78 valence electrons. The average molecular weight is 225 g/mol. The number of para-hydroxylation sites is 1. The first-order chi connectivity index (χ1) is 7.95. The van der Waals surface area contributed by atoms with Gasteiger partial charge in [-0.15, -0.1) is 0 Å². The Balaban J connectivity index is 2.14. The third-order valence-electron chi connectivity index (χ3n) is 2.60. The van der Waals surface area contributed by atoms with Gasteiger partial charge < -0.3 is 4.57 Å². The summed E-state index contributed by atoms with van der Waals surface area (Å²) >= 11 is 1.73. The highest BCUT2D eigenvalue weighted by Crippen LogP contribution is 2.25. The Hall–Kier alpha value is -1.80. The van der Waals surface area contributed by atoms with Gasteiger partial charge in [0.05, 0.1) is 5.69 Å². The summed E-state index contributed by atoms with van der Waals surface area (Å²) in [6, 6.07) is 16.8. The molecule has 0 aliphatic heterocycles. The molecule has 0 atom stereocenters. The Morgan fingerprint density at radius 1 is 0.875 bits per heavy atom. The first-order valence-electron chi connectivity index (χ1n) is 5.20. The van der Waals surface area contributed by atoms with E-state index in [1.807, 2.05) is 6.07 Å². The van der Waals surface area contributed by atoms with Gasteiger partial charge in [0.15, 0.2) is 0 Å². The van der Waals surface area contributed by atoms with Gasteiger partial charge in [-0.1, -0.05) is 18.2 Å². The summed E-state index contributed by atoms with van der Waals surface area (Å²) in [6.07, 6.45) is 2.10. The van der Waals surface area contributed by atoms with Crippen LogP contribution in [0.15, 0.2) is 65.5 Å². The minimum Gasteiger partial charge on any atom is -0.317 e. The second-order valence-corrected chi connectivity index (χ2v) is 4.39. The highest BCUT2D eigenvalue weighted by molar-refractivity contribution is 7.08. The summed E-state index contributed by atoms with van der Waals surface area (Å²) in [7, 11) is 0. The van der Waals surface area contributed by atoms with Gasteiger partial charge in [-0.3, -0.25) is 0 Å². The predicted octanol–water partition coefficient (Wildman–Crippen LogP) is 4.21. The van der Waals surface area contributed by atoms with Crippen molar-refractivity contribution in [3.8, 4) is 16.9 Å². The van der Waals surface area contributed by atoms with E-state index in [0.29, 0.717) is 0 Å². The van der Waals surface area contributed by atoms with Crippen LogP contribution in [0.2, 0.25) is 0 Å². The Bertz CT molecular complexity index is 564. The van der Waals surface area contributed by atoms with Crippen LogP contribution < -0.4 is 0 Å². The summed E-state index contributed by atoms with van der Waals surface area (Å²) < 4.78 is 2.21. The maximum Gasteiger partial charge on any atom is 0.0536 e. The van der Waals surface area contributed by atoms with Crippen molar-refractivity contribution in [2.45, 2.75) is 0 Å². The smallest absolute Gasteiger partial charge is 0.0536 e. The predicted molar refractivity (Wildman–Crippen MR) is 69.1 cm³/mol. The summed E-state index contributed by atoms with van der Waals surface area (Å²) in [4.78, 5) is 0. The second kappa shape index (κ2) is 3.99. The highest BCUT2D eigenvalue weighted by atomic mass is 32.1. The van der Waals surface area contributed by atoms with Crippen LogP contribution in [0.1, 0.15) is 0 Å². The molecule has 0 spiro atoms. The zero-order valence-electron chi connectivity index (χ0n) is 8.71. The minimum absolute atomic E-state index is 1.20. The Kier molecular flexibility index (Phi) is 2.35. The van der Waals surface area contributed by atoms with E-state index < -0.39 is 0 Å². The van der Waals surface area contributed by atoms with Gasteiger partial charge in [0.2, 0.25) is 0 Å². The van der Waals surface area contributed by atoms with Gasteiger partial charge in [0.25, 0.3) is 0 Å². The molecule has 16 heavy (non-hydrogen) atoms. The molecular formula is C14H11NS. The lowest BCUT2D eigenvalue weighted by Crippen LogP contribution is -1.93. The topological polar surface area (TPSA) is 4.93 Å². The molecule has 2 aromatic heterocycles. The summed E-state index contributed by atoms with van der Waals surface area (Å²) in [5.41, 5.74) is 3.72. The molecule has 0 saturated carbocycles. The number of hydrogen-bond donors (Lipinski definition) is 0. The molecule has 0 amide bonds. The van der Waals surface area contributed by atoms with E-state index in [4.69, 9.17) is 0 Å².